The molecule has 1 saturated carbocycles. The summed E-state index contributed by atoms with van der Waals surface area (Å²) in [5, 5.41) is 0. The Bertz CT molecular complexity index is 534. The van der Waals surface area contributed by atoms with Crippen molar-refractivity contribution >= 4 is 11.6 Å². The third-order valence-electron chi connectivity index (χ3n) is 5.10. The number of carbonyl (C=O) groups is 1. The van der Waals surface area contributed by atoms with Crippen LogP contribution in [0.4, 0.5) is 14.5 Å². The number of anilines is 1. The number of hydrogen-bond donors (Lipinski definition) is 1. The minimum Gasteiger partial charge on any atom is -0.394 e. The number of likely N-dealkylation sites (tertiary alicyclic amines) is 1. The lowest BCUT2D eigenvalue weighted by atomic mass is 9.77. The molecule has 0 unspecified atom stereocenters. The number of amides is 1. The zero-order chi connectivity index (χ0) is 15.0. The first-order valence-electron chi connectivity index (χ1n) is 7.55. The van der Waals surface area contributed by atoms with Crippen LogP contribution >= 0.6 is 0 Å². The van der Waals surface area contributed by atoms with Gasteiger partial charge in [0.25, 0.3) is 5.91 Å². The van der Waals surface area contributed by atoms with E-state index in [1.54, 1.807) is 4.90 Å². The predicted molar refractivity (Wildman–Crippen MR) is 76.8 cm³/mol. The van der Waals surface area contributed by atoms with Gasteiger partial charge in [-0.1, -0.05) is 12.8 Å². The van der Waals surface area contributed by atoms with Crippen molar-refractivity contribution in [2.24, 2.45) is 5.41 Å². The molecule has 1 aromatic rings. The third-order valence-corrected chi connectivity index (χ3v) is 5.10. The molecule has 0 radical (unpaired) electrons. The molecule has 3 rings (SSSR count). The SMILES string of the molecule is Nc1c(F)cc(C(=O)N2CCC3(CCCC3)CC2)cc1F. The molecule has 1 spiro atoms. The highest BCUT2D eigenvalue weighted by Gasteiger charge is 2.38. The molecule has 1 amide bonds. The van der Waals surface area contributed by atoms with E-state index in [-0.39, 0.29) is 11.5 Å². The van der Waals surface area contributed by atoms with Crippen LogP contribution in [0.1, 0.15) is 48.9 Å². The second-order valence-corrected chi connectivity index (χ2v) is 6.35. The normalized spacial score (nSPS) is 21.0. The van der Waals surface area contributed by atoms with E-state index in [0.717, 1.165) is 25.0 Å². The fourth-order valence-corrected chi connectivity index (χ4v) is 3.70. The van der Waals surface area contributed by atoms with E-state index in [2.05, 4.69) is 0 Å². The fourth-order valence-electron chi connectivity index (χ4n) is 3.70. The molecule has 0 bridgehead atoms. The highest BCUT2D eigenvalue weighted by Crippen LogP contribution is 2.46. The largest absolute Gasteiger partial charge is 0.394 e. The van der Waals surface area contributed by atoms with Gasteiger partial charge in [-0.15, -0.1) is 0 Å². The third kappa shape index (κ3) is 2.61. The van der Waals surface area contributed by atoms with Gasteiger partial charge >= 0.3 is 0 Å². The first kappa shape index (κ1) is 14.3. The molecule has 21 heavy (non-hydrogen) atoms. The summed E-state index contributed by atoms with van der Waals surface area (Å²) in [6.45, 7) is 1.35. The van der Waals surface area contributed by atoms with Crippen LogP contribution in [0.2, 0.25) is 0 Å². The number of nitrogens with zero attached hydrogens (tertiary/aromatic N) is 1. The average Bonchev–Trinajstić information content (AvgIpc) is 2.92. The number of carbonyl (C=O) groups excluding carboxylic acids is 1. The van der Waals surface area contributed by atoms with Crippen LogP contribution in [-0.2, 0) is 0 Å². The summed E-state index contributed by atoms with van der Waals surface area (Å²) in [5.41, 5.74) is 5.15. The van der Waals surface area contributed by atoms with E-state index >= 15 is 0 Å². The van der Waals surface area contributed by atoms with Crippen molar-refractivity contribution < 1.29 is 13.6 Å². The topological polar surface area (TPSA) is 46.3 Å². The Labute approximate surface area is 123 Å². The first-order chi connectivity index (χ1) is 10.0. The molecular formula is C16H20F2N2O. The van der Waals surface area contributed by atoms with Crippen molar-refractivity contribution in [1.29, 1.82) is 0 Å². The van der Waals surface area contributed by atoms with Gasteiger partial charge < -0.3 is 10.6 Å². The Morgan fingerprint density at radius 3 is 2.10 bits per heavy atom. The molecule has 1 aliphatic carbocycles. The minimum atomic E-state index is -0.873. The van der Waals surface area contributed by atoms with Gasteiger partial charge in [-0.3, -0.25) is 4.79 Å². The van der Waals surface area contributed by atoms with E-state index in [1.165, 1.54) is 25.7 Å². The summed E-state index contributed by atoms with van der Waals surface area (Å²) in [5.74, 6) is -2.05. The number of piperidine rings is 1. The Morgan fingerprint density at radius 2 is 1.57 bits per heavy atom. The van der Waals surface area contributed by atoms with Crippen molar-refractivity contribution in [3.63, 3.8) is 0 Å². The van der Waals surface area contributed by atoms with Crippen molar-refractivity contribution in [3.05, 3.63) is 29.3 Å². The Morgan fingerprint density at radius 1 is 1.05 bits per heavy atom. The maximum atomic E-state index is 13.5. The van der Waals surface area contributed by atoms with Crippen LogP contribution in [0.25, 0.3) is 0 Å². The molecule has 114 valence electrons. The second-order valence-electron chi connectivity index (χ2n) is 6.35. The Hall–Kier alpha value is -1.65. The molecule has 2 N–H and O–H groups in total. The standard InChI is InChI=1S/C16H20F2N2O/c17-12-9-11(10-13(18)14(12)19)15(21)20-7-5-16(6-8-20)3-1-2-4-16/h9-10H,1-8,19H2. The number of nitrogens with two attached hydrogens (primary N) is 1. The molecule has 0 aromatic heterocycles. The van der Waals surface area contributed by atoms with E-state index in [1.807, 2.05) is 0 Å². The number of rotatable bonds is 1. The van der Waals surface area contributed by atoms with Gasteiger partial charge in [-0.2, -0.15) is 0 Å². The highest BCUT2D eigenvalue weighted by atomic mass is 19.1. The number of hydrogen-bond acceptors (Lipinski definition) is 2. The monoisotopic (exact) mass is 294 g/mol. The Balaban J connectivity index is 1.72. The predicted octanol–water partition coefficient (Wildman–Crippen LogP) is 3.34. The quantitative estimate of drug-likeness (QED) is 0.807. The van der Waals surface area contributed by atoms with Gasteiger partial charge in [0.1, 0.15) is 17.3 Å². The lowest BCUT2D eigenvalue weighted by molar-refractivity contribution is 0.0586. The van der Waals surface area contributed by atoms with Gasteiger partial charge in [0, 0.05) is 18.7 Å². The van der Waals surface area contributed by atoms with Crippen LogP contribution in [0.15, 0.2) is 12.1 Å². The zero-order valence-corrected chi connectivity index (χ0v) is 12.0. The first-order valence-corrected chi connectivity index (χ1v) is 7.55. The molecule has 1 aliphatic heterocycles. The van der Waals surface area contributed by atoms with E-state index < -0.39 is 17.3 Å². The Kier molecular flexibility index (Phi) is 3.59. The number of halogens is 2. The molecule has 2 aliphatic rings. The number of benzene rings is 1. The summed E-state index contributed by atoms with van der Waals surface area (Å²) in [6.07, 6.45) is 7.06. The van der Waals surface area contributed by atoms with Crippen LogP contribution in [-0.4, -0.2) is 23.9 Å². The van der Waals surface area contributed by atoms with Crippen molar-refractivity contribution in [2.75, 3.05) is 18.8 Å². The van der Waals surface area contributed by atoms with Crippen LogP contribution in [0, 0.1) is 17.0 Å². The van der Waals surface area contributed by atoms with E-state index in [9.17, 15) is 13.6 Å². The summed E-state index contributed by atoms with van der Waals surface area (Å²) in [7, 11) is 0. The summed E-state index contributed by atoms with van der Waals surface area (Å²) < 4.78 is 26.9. The second kappa shape index (κ2) is 5.28. The van der Waals surface area contributed by atoms with Gasteiger partial charge in [-0.05, 0) is 43.2 Å². The molecule has 2 fully saturated rings. The van der Waals surface area contributed by atoms with Crippen molar-refractivity contribution in [3.8, 4) is 0 Å². The van der Waals surface area contributed by atoms with Gasteiger partial charge in [0.05, 0.1) is 0 Å². The van der Waals surface area contributed by atoms with Gasteiger partial charge in [0.2, 0.25) is 0 Å². The maximum Gasteiger partial charge on any atom is 0.254 e. The van der Waals surface area contributed by atoms with E-state index in [0.29, 0.717) is 18.5 Å². The maximum absolute atomic E-state index is 13.5. The minimum absolute atomic E-state index is 0.0431. The van der Waals surface area contributed by atoms with Crippen LogP contribution in [0.3, 0.4) is 0 Å². The number of nitrogen functional groups attached to an aromatic ring is 1. The van der Waals surface area contributed by atoms with Crippen LogP contribution in [0.5, 0.6) is 0 Å². The summed E-state index contributed by atoms with van der Waals surface area (Å²) in [6, 6.07) is 2.06. The molecule has 3 nitrogen and oxygen atoms in total. The lowest BCUT2D eigenvalue weighted by Crippen LogP contribution is -2.42. The fraction of sp³-hybridized carbons (Fsp3) is 0.562. The smallest absolute Gasteiger partial charge is 0.254 e. The van der Waals surface area contributed by atoms with Crippen molar-refractivity contribution in [2.45, 2.75) is 38.5 Å². The van der Waals surface area contributed by atoms with Crippen molar-refractivity contribution in [1.82, 2.24) is 4.90 Å². The summed E-state index contributed by atoms with van der Waals surface area (Å²) in [4.78, 5) is 14.1. The molecule has 1 saturated heterocycles. The molecule has 1 aromatic carbocycles. The lowest BCUT2D eigenvalue weighted by Gasteiger charge is -2.39. The highest BCUT2D eigenvalue weighted by molar-refractivity contribution is 5.94. The molecule has 1 heterocycles. The van der Waals surface area contributed by atoms with Gasteiger partial charge in [-0.25, -0.2) is 8.78 Å². The van der Waals surface area contributed by atoms with E-state index in [4.69, 9.17) is 5.73 Å². The average molecular weight is 294 g/mol. The van der Waals surface area contributed by atoms with Gasteiger partial charge in [0.15, 0.2) is 0 Å². The zero-order valence-electron chi connectivity index (χ0n) is 12.0. The molecule has 0 atom stereocenters. The summed E-state index contributed by atoms with van der Waals surface area (Å²) >= 11 is 0. The van der Waals surface area contributed by atoms with Crippen LogP contribution < -0.4 is 5.73 Å². The molecule has 5 heteroatoms. The molecular weight excluding hydrogens is 274 g/mol.